The van der Waals surface area contributed by atoms with Gasteiger partial charge < -0.3 is 15.0 Å². The highest BCUT2D eigenvalue weighted by Crippen LogP contribution is 2.25. The van der Waals surface area contributed by atoms with Crippen molar-refractivity contribution < 1.29 is 9.02 Å². The number of nitrogens with zero attached hydrogens (tertiary/aromatic N) is 3. The second-order valence-electron chi connectivity index (χ2n) is 7.52. The fraction of sp³-hybridized carbons (Fsp3) is 0.579. The van der Waals surface area contributed by atoms with Crippen LogP contribution in [0.15, 0.2) is 23.0 Å². The number of aromatic amines is 1. The first-order valence-corrected chi connectivity index (χ1v) is 11.6. The quantitative estimate of drug-likeness (QED) is 0.478. The largest absolute Gasteiger partial charge is 0.381 e. The molecule has 0 amide bonds. The number of hydrogen-bond acceptors (Lipinski definition) is 9. The number of anilines is 1. The number of aromatic nitrogens is 2. The van der Waals surface area contributed by atoms with Gasteiger partial charge in [0.15, 0.2) is 0 Å². The van der Waals surface area contributed by atoms with Gasteiger partial charge in [-0.25, -0.2) is 13.6 Å². The lowest BCUT2D eigenvalue weighted by molar-refractivity contribution is -0.0991. The molecule has 158 valence electrons. The molecule has 4 rings (SSSR count). The van der Waals surface area contributed by atoms with E-state index in [0.717, 1.165) is 56.2 Å². The first-order chi connectivity index (χ1) is 14.1. The minimum absolute atomic E-state index is 0.0759. The zero-order valence-electron chi connectivity index (χ0n) is 16.7. The van der Waals surface area contributed by atoms with E-state index in [9.17, 15) is 4.79 Å². The fourth-order valence-electron chi connectivity index (χ4n) is 3.33. The Hall–Kier alpha value is -1.30. The minimum atomic E-state index is -0.0759. The molecular formula is C19H27N5O3S2. The molecule has 0 radical (unpaired) electrons. The number of nitrogens with one attached hydrogen (secondary N) is 2. The van der Waals surface area contributed by atoms with Crippen molar-refractivity contribution in [3.63, 3.8) is 0 Å². The fourth-order valence-corrected chi connectivity index (χ4v) is 4.73. The molecule has 10 heteroatoms. The van der Waals surface area contributed by atoms with E-state index in [0.29, 0.717) is 22.4 Å². The highest BCUT2D eigenvalue weighted by molar-refractivity contribution is 7.99. The van der Waals surface area contributed by atoms with Gasteiger partial charge in [0.05, 0.1) is 22.7 Å². The van der Waals surface area contributed by atoms with Gasteiger partial charge in [-0.05, 0) is 45.1 Å². The van der Waals surface area contributed by atoms with E-state index in [4.69, 9.17) is 14.0 Å². The zero-order chi connectivity index (χ0) is 20.2. The molecule has 0 aliphatic carbocycles. The Morgan fingerprint density at radius 1 is 1.34 bits per heavy atom. The van der Waals surface area contributed by atoms with Crippen LogP contribution in [0.1, 0.15) is 18.7 Å². The summed E-state index contributed by atoms with van der Waals surface area (Å²) < 4.78 is 12.9. The summed E-state index contributed by atoms with van der Waals surface area (Å²) in [4.78, 5) is 20.1. The van der Waals surface area contributed by atoms with Gasteiger partial charge >= 0.3 is 0 Å². The molecule has 0 unspecified atom stereocenters. The number of hydroxylamine groups is 2. The maximum atomic E-state index is 12.4. The van der Waals surface area contributed by atoms with Crippen molar-refractivity contribution in [3.05, 3.63) is 34.4 Å². The molecule has 0 atom stereocenters. The van der Waals surface area contributed by atoms with E-state index < -0.39 is 0 Å². The second kappa shape index (κ2) is 9.67. The molecule has 0 spiro atoms. The topological polar surface area (TPSA) is 82.7 Å². The Bertz CT molecular complexity index is 882. The number of rotatable bonds is 8. The smallest absolute Gasteiger partial charge is 0.258 e. The highest BCUT2D eigenvalue weighted by Gasteiger charge is 2.28. The number of benzene rings is 1. The lowest BCUT2D eigenvalue weighted by Gasteiger charge is -2.38. The molecular weight excluding hydrogens is 410 g/mol. The summed E-state index contributed by atoms with van der Waals surface area (Å²) in [6.45, 7) is 3.28. The molecule has 2 N–H and O–H groups in total. The Morgan fingerprint density at radius 3 is 2.90 bits per heavy atom. The van der Waals surface area contributed by atoms with Crippen LogP contribution >= 0.6 is 24.0 Å². The number of thioether (sulfide) groups is 1. The lowest BCUT2D eigenvalue weighted by atomic mass is 10.1. The summed E-state index contributed by atoms with van der Waals surface area (Å²) in [5, 5.41) is 6.61. The van der Waals surface area contributed by atoms with Gasteiger partial charge in [-0.3, -0.25) is 4.79 Å². The number of ether oxygens (including phenoxy) is 1. The van der Waals surface area contributed by atoms with E-state index in [1.54, 1.807) is 0 Å². The third kappa shape index (κ3) is 5.65. The maximum absolute atomic E-state index is 12.4. The second-order valence-corrected chi connectivity index (χ2v) is 9.83. The van der Waals surface area contributed by atoms with Gasteiger partial charge in [0, 0.05) is 37.2 Å². The van der Waals surface area contributed by atoms with E-state index in [1.165, 1.54) is 12.2 Å². The van der Waals surface area contributed by atoms with E-state index in [-0.39, 0.29) is 5.56 Å². The summed E-state index contributed by atoms with van der Waals surface area (Å²) in [6.07, 6.45) is 2.12. The Balaban J connectivity index is 1.37. The van der Waals surface area contributed by atoms with Crippen LogP contribution in [0, 0.1) is 0 Å². The van der Waals surface area contributed by atoms with Crippen LogP contribution in [0.25, 0.3) is 10.9 Å². The van der Waals surface area contributed by atoms with Gasteiger partial charge in [0.1, 0.15) is 18.1 Å². The van der Waals surface area contributed by atoms with Crippen molar-refractivity contribution >= 4 is 40.6 Å². The van der Waals surface area contributed by atoms with Crippen LogP contribution in [-0.2, 0) is 14.8 Å². The average molecular weight is 438 g/mol. The van der Waals surface area contributed by atoms with Gasteiger partial charge in [0.25, 0.3) is 5.56 Å². The molecule has 8 nitrogen and oxygen atoms in total. The van der Waals surface area contributed by atoms with Crippen molar-refractivity contribution in [2.24, 2.45) is 0 Å². The minimum Gasteiger partial charge on any atom is -0.381 e. The number of hydrogen-bond donors (Lipinski definition) is 2. The first-order valence-electron chi connectivity index (χ1n) is 9.83. The summed E-state index contributed by atoms with van der Waals surface area (Å²) in [5.74, 6) is 1.45. The van der Waals surface area contributed by atoms with Crippen molar-refractivity contribution in [1.82, 2.24) is 19.3 Å². The molecule has 2 aliphatic heterocycles. The van der Waals surface area contributed by atoms with Crippen molar-refractivity contribution in [1.29, 1.82) is 0 Å². The third-order valence-corrected chi connectivity index (χ3v) is 6.84. The van der Waals surface area contributed by atoms with Crippen molar-refractivity contribution in [2.45, 2.75) is 29.9 Å². The summed E-state index contributed by atoms with van der Waals surface area (Å²) in [5.41, 5.74) is 1.63. The van der Waals surface area contributed by atoms with Crippen LogP contribution < -0.4 is 10.9 Å². The molecule has 1 aromatic carbocycles. The molecule has 2 aliphatic rings. The van der Waals surface area contributed by atoms with Crippen molar-refractivity contribution in [3.8, 4) is 0 Å². The van der Waals surface area contributed by atoms with Crippen LogP contribution in [-0.4, -0.2) is 71.0 Å². The third-order valence-electron chi connectivity index (χ3n) is 4.89. The van der Waals surface area contributed by atoms with E-state index in [1.807, 2.05) is 53.4 Å². The Morgan fingerprint density at radius 2 is 2.14 bits per heavy atom. The normalized spacial score (nSPS) is 19.0. The Labute approximate surface area is 179 Å². The van der Waals surface area contributed by atoms with Crippen molar-refractivity contribution in [2.75, 3.05) is 45.7 Å². The molecule has 2 aromatic rings. The number of H-pyrrole nitrogens is 1. The standard InChI is InChI=1S/C19H27N5O3S2/c1-23(2)29-27-24-10-14(11-24)20-13-3-4-16-17(9-13)21-18(22-19(16)25)12-28-15-5-7-26-8-6-15/h3-4,9,14-15,20H,5-8,10-12H2,1-2H3,(H,21,22,25). The van der Waals surface area contributed by atoms with Gasteiger partial charge in [0.2, 0.25) is 0 Å². The maximum Gasteiger partial charge on any atom is 0.258 e. The number of fused-ring (bicyclic) bond motifs is 1. The van der Waals surface area contributed by atoms with Crippen LogP contribution in [0.5, 0.6) is 0 Å². The van der Waals surface area contributed by atoms with E-state index in [2.05, 4.69) is 10.3 Å². The summed E-state index contributed by atoms with van der Waals surface area (Å²) in [7, 11) is 3.89. The lowest BCUT2D eigenvalue weighted by Crippen LogP contribution is -2.53. The first kappa shape index (κ1) is 21.0. The van der Waals surface area contributed by atoms with Gasteiger partial charge in [-0.1, -0.05) is 0 Å². The molecule has 0 saturated carbocycles. The van der Waals surface area contributed by atoms with Crippen LogP contribution in [0.2, 0.25) is 0 Å². The monoisotopic (exact) mass is 437 g/mol. The summed E-state index contributed by atoms with van der Waals surface area (Å²) in [6, 6.07) is 6.06. The van der Waals surface area contributed by atoms with Crippen LogP contribution in [0.3, 0.4) is 0 Å². The molecule has 29 heavy (non-hydrogen) atoms. The molecule has 0 bridgehead atoms. The predicted octanol–water partition coefficient (Wildman–Crippen LogP) is 2.49. The van der Waals surface area contributed by atoms with Gasteiger partial charge in [-0.2, -0.15) is 16.8 Å². The summed E-state index contributed by atoms with van der Waals surface area (Å²) >= 11 is 3.17. The predicted molar refractivity (Wildman–Crippen MR) is 119 cm³/mol. The zero-order valence-corrected chi connectivity index (χ0v) is 18.4. The highest BCUT2D eigenvalue weighted by atomic mass is 32.2. The molecule has 1 aromatic heterocycles. The molecule has 2 saturated heterocycles. The van der Waals surface area contributed by atoms with E-state index >= 15 is 0 Å². The van der Waals surface area contributed by atoms with Gasteiger partial charge in [-0.15, -0.1) is 0 Å². The Kier molecular flexibility index (Phi) is 6.99. The SMILES string of the molecule is CN(C)SON1CC(Nc2ccc3c(=O)[nH]c(CSC4CCOCC4)nc3c2)C1. The molecule has 2 fully saturated rings. The van der Waals surface area contributed by atoms with Crippen LogP contribution in [0.4, 0.5) is 5.69 Å². The molecule has 3 heterocycles. The average Bonchev–Trinajstić information content (AvgIpc) is 2.68.